The Bertz CT molecular complexity index is 718. The van der Waals surface area contributed by atoms with E-state index in [2.05, 4.69) is 43.8 Å². The second kappa shape index (κ2) is 8.28. The third-order valence-corrected chi connectivity index (χ3v) is 11.8. The quantitative estimate of drug-likeness (QED) is 0.625. The predicted octanol–water partition coefficient (Wildman–Crippen LogP) is 4.24. The van der Waals surface area contributed by atoms with E-state index >= 15 is 0 Å². The first-order valence-electron chi connectivity index (χ1n) is 11.2. The molecule has 2 aliphatic rings. The Labute approximate surface area is 183 Å². The maximum absolute atomic E-state index is 6.63. The van der Waals surface area contributed by atoms with Crippen molar-refractivity contribution < 1.29 is 18.5 Å². The summed E-state index contributed by atoms with van der Waals surface area (Å²) in [5.41, 5.74) is 0.0831. The van der Waals surface area contributed by atoms with Gasteiger partial charge in [-0.2, -0.15) is 0 Å². The Morgan fingerprint density at radius 1 is 1.03 bits per heavy atom. The van der Waals surface area contributed by atoms with Gasteiger partial charge in [0.15, 0.2) is 14.1 Å². The van der Waals surface area contributed by atoms with Crippen molar-refractivity contribution in [2.24, 2.45) is 0 Å². The van der Waals surface area contributed by atoms with E-state index in [4.69, 9.17) is 18.5 Å². The number of nitrogens with zero attached hydrogens (tertiary/aromatic N) is 2. The molecule has 0 radical (unpaired) electrons. The maximum Gasteiger partial charge on any atom is 0.498 e. The standard InChI is InChI=1S/C22H39BN2O4Si/c1-20(2,3)30(8,9)27-18-12-10-11-17(18)26-15-19-24-13-16(14-25-19)23-28-21(4,5)22(6,7)29-23/h13-14,17-18H,10-12,15H2,1-9H3/t17-,18-/m0/s1. The van der Waals surface area contributed by atoms with Gasteiger partial charge in [-0.3, -0.25) is 0 Å². The van der Waals surface area contributed by atoms with Crippen molar-refractivity contribution >= 4 is 20.9 Å². The molecular weight excluding hydrogens is 395 g/mol. The highest BCUT2D eigenvalue weighted by atomic mass is 28.4. The summed E-state index contributed by atoms with van der Waals surface area (Å²) in [5, 5.41) is 0.201. The molecule has 8 heteroatoms. The van der Waals surface area contributed by atoms with E-state index in [1.165, 1.54) is 0 Å². The highest BCUT2D eigenvalue weighted by Crippen LogP contribution is 2.40. The van der Waals surface area contributed by atoms with Crippen LogP contribution in [0.1, 0.15) is 73.6 Å². The zero-order chi connectivity index (χ0) is 22.4. The van der Waals surface area contributed by atoms with E-state index in [1.54, 1.807) is 12.4 Å². The first-order chi connectivity index (χ1) is 13.7. The largest absolute Gasteiger partial charge is 0.498 e. The number of rotatable bonds is 6. The van der Waals surface area contributed by atoms with Gasteiger partial charge in [0, 0.05) is 17.9 Å². The van der Waals surface area contributed by atoms with Crippen molar-refractivity contribution in [2.75, 3.05) is 0 Å². The van der Waals surface area contributed by atoms with Gasteiger partial charge in [0.25, 0.3) is 0 Å². The van der Waals surface area contributed by atoms with Crippen LogP contribution < -0.4 is 5.46 Å². The van der Waals surface area contributed by atoms with Crippen LogP contribution in [0.5, 0.6) is 0 Å². The molecule has 2 heterocycles. The topological polar surface area (TPSA) is 62.7 Å². The minimum absolute atomic E-state index is 0.116. The van der Waals surface area contributed by atoms with Crippen molar-refractivity contribution in [1.82, 2.24) is 9.97 Å². The Morgan fingerprint density at radius 3 is 2.10 bits per heavy atom. The van der Waals surface area contributed by atoms with Crippen LogP contribution in [0, 0.1) is 0 Å². The summed E-state index contributed by atoms with van der Waals surface area (Å²) in [6, 6.07) is 0. The van der Waals surface area contributed by atoms with Gasteiger partial charge >= 0.3 is 7.12 Å². The molecule has 0 spiro atoms. The Kier molecular flexibility index (Phi) is 6.58. The highest BCUT2D eigenvalue weighted by Gasteiger charge is 2.52. The van der Waals surface area contributed by atoms with Gasteiger partial charge in [-0.1, -0.05) is 20.8 Å². The van der Waals surface area contributed by atoms with E-state index in [1.807, 2.05) is 27.7 Å². The fourth-order valence-electron chi connectivity index (χ4n) is 3.49. The predicted molar refractivity (Wildman–Crippen MR) is 122 cm³/mol. The lowest BCUT2D eigenvalue weighted by Gasteiger charge is -2.39. The van der Waals surface area contributed by atoms with E-state index in [9.17, 15) is 0 Å². The van der Waals surface area contributed by atoms with Crippen LogP contribution in [0.15, 0.2) is 12.4 Å². The van der Waals surface area contributed by atoms with Gasteiger partial charge < -0.3 is 18.5 Å². The smallest absolute Gasteiger partial charge is 0.411 e. The van der Waals surface area contributed by atoms with Gasteiger partial charge in [0.1, 0.15) is 6.61 Å². The number of aromatic nitrogens is 2. The summed E-state index contributed by atoms with van der Waals surface area (Å²) in [6.45, 7) is 20.0. The molecule has 1 aliphatic heterocycles. The van der Waals surface area contributed by atoms with Gasteiger partial charge in [-0.25, -0.2) is 9.97 Å². The minimum atomic E-state index is -1.81. The lowest BCUT2D eigenvalue weighted by atomic mass is 9.81. The first-order valence-corrected chi connectivity index (χ1v) is 14.1. The van der Waals surface area contributed by atoms with Gasteiger partial charge in [0.05, 0.1) is 23.4 Å². The molecule has 1 saturated heterocycles. The molecule has 0 amide bonds. The van der Waals surface area contributed by atoms with E-state index < -0.39 is 15.4 Å². The normalized spacial score (nSPS) is 26.4. The van der Waals surface area contributed by atoms with E-state index in [0.29, 0.717) is 12.4 Å². The van der Waals surface area contributed by atoms with Crippen LogP contribution in [0.25, 0.3) is 0 Å². The zero-order valence-corrected chi connectivity index (χ0v) is 21.2. The van der Waals surface area contributed by atoms with Crippen LogP contribution in [0.2, 0.25) is 18.1 Å². The molecule has 0 aromatic carbocycles. The molecule has 1 aromatic heterocycles. The maximum atomic E-state index is 6.63. The van der Waals surface area contributed by atoms with Crippen LogP contribution in [-0.2, 0) is 25.1 Å². The van der Waals surface area contributed by atoms with Crippen molar-refractivity contribution in [2.45, 2.75) is 116 Å². The molecular formula is C22H39BN2O4Si. The third-order valence-electron chi connectivity index (χ3n) is 7.32. The van der Waals surface area contributed by atoms with Crippen molar-refractivity contribution in [3.8, 4) is 0 Å². The SMILES string of the molecule is CC1(C)OB(c2cnc(CO[C@H]3CCC[C@@H]3O[Si](C)(C)C(C)(C)C)nc2)OC1(C)C. The average Bonchev–Trinajstić information content (AvgIpc) is 3.13. The second-order valence-corrected chi connectivity index (χ2v) is 16.0. The van der Waals surface area contributed by atoms with E-state index in [0.717, 1.165) is 24.7 Å². The fraction of sp³-hybridized carbons (Fsp3) is 0.818. The molecule has 3 rings (SSSR count). The Balaban J connectivity index is 1.56. The van der Waals surface area contributed by atoms with Gasteiger partial charge in [0.2, 0.25) is 0 Å². The molecule has 6 nitrogen and oxygen atoms in total. The number of hydrogen-bond donors (Lipinski definition) is 0. The molecule has 1 aromatic rings. The Hall–Kier alpha value is -0.798. The molecule has 168 valence electrons. The molecule has 0 bridgehead atoms. The summed E-state index contributed by atoms with van der Waals surface area (Å²) in [6.07, 6.45) is 7.11. The monoisotopic (exact) mass is 434 g/mol. The average molecular weight is 434 g/mol. The molecule has 2 fully saturated rings. The molecule has 0 unspecified atom stereocenters. The fourth-order valence-corrected chi connectivity index (χ4v) is 4.87. The van der Waals surface area contributed by atoms with Gasteiger partial charge in [-0.05, 0) is 65.1 Å². The summed E-state index contributed by atoms with van der Waals surface area (Å²) in [4.78, 5) is 8.98. The Morgan fingerprint density at radius 2 is 1.57 bits per heavy atom. The van der Waals surface area contributed by atoms with E-state index in [-0.39, 0.29) is 28.4 Å². The second-order valence-electron chi connectivity index (χ2n) is 11.2. The summed E-state index contributed by atoms with van der Waals surface area (Å²) in [7, 11) is -2.25. The number of hydrogen-bond acceptors (Lipinski definition) is 6. The molecule has 0 N–H and O–H groups in total. The molecule has 30 heavy (non-hydrogen) atoms. The summed E-state index contributed by atoms with van der Waals surface area (Å²) >= 11 is 0. The zero-order valence-electron chi connectivity index (χ0n) is 20.2. The van der Waals surface area contributed by atoms with Crippen molar-refractivity contribution in [3.05, 3.63) is 18.2 Å². The van der Waals surface area contributed by atoms with Crippen molar-refractivity contribution in [1.29, 1.82) is 0 Å². The summed E-state index contributed by atoms with van der Waals surface area (Å²) in [5.74, 6) is 0.674. The highest BCUT2D eigenvalue weighted by molar-refractivity contribution is 6.74. The molecule has 2 atom stereocenters. The summed E-state index contributed by atoms with van der Waals surface area (Å²) < 4.78 is 25.0. The first kappa shape index (κ1) is 23.9. The molecule has 1 aliphatic carbocycles. The van der Waals surface area contributed by atoms with Crippen LogP contribution in [-0.4, -0.2) is 48.8 Å². The number of ether oxygens (including phenoxy) is 1. The van der Waals surface area contributed by atoms with Crippen LogP contribution in [0.3, 0.4) is 0 Å². The lowest BCUT2D eigenvalue weighted by molar-refractivity contribution is -0.0244. The van der Waals surface area contributed by atoms with Crippen LogP contribution in [0.4, 0.5) is 0 Å². The third kappa shape index (κ3) is 4.99. The van der Waals surface area contributed by atoms with Crippen molar-refractivity contribution in [3.63, 3.8) is 0 Å². The molecule has 1 saturated carbocycles. The minimum Gasteiger partial charge on any atom is -0.411 e. The van der Waals surface area contributed by atoms with Gasteiger partial charge in [-0.15, -0.1) is 0 Å². The lowest BCUT2D eigenvalue weighted by Crippen LogP contribution is -2.46. The van der Waals surface area contributed by atoms with Crippen LogP contribution >= 0.6 is 0 Å².